The summed E-state index contributed by atoms with van der Waals surface area (Å²) in [5.41, 5.74) is 7.94. The number of aliphatic imine (C=N–C) groups is 1. The summed E-state index contributed by atoms with van der Waals surface area (Å²) >= 11 is 3.44. The van der Waals surface area contributed by atoms with E-state index >= 15 is 0 Å². The molecule has 3 N–H and O–H groups in total. The van der Waals surface area contributed by atoms with Crippen LogP contribution in [0.4, 0.5) is 5.69 Å². The second-order valence-corrected chi connectivity index (χ2v) is 8.58. The number of aryl methyl sites for hydroxylation is 1. The Labute approximate surface area is 167 Å². The minimum atomic E-state index is 0.160. The lowest BCUT2D eigenvalue weighted by atomic mass is 10.3. The number of ether oxygens (including phenoxy) is 1. The summed E-state index contributed by atoms with van der Waals surface area (Å²) < 4.78 is 5.63. The molecular formula is C20H24N4OS2. The molecule has 0 fully saturated rings. The van der Waals surface area contributed by atoms with Crippen molar-refractivity contribution in [3.05, 3.63) is 51.7 Å². The summed E-state index contributed by atoms with van der Waals surface area (Å²) in [5.74, 6) is 1.26. The average molecular weight is 401 g/mol. The number of nitrogens with one attached hydrogen (secondary N) is 1. The normalized spacial score (nSPS) is 11.8. The van der Waals surface area contributed by atoms with Crippen molar-refractivity contribution in [1.29, 1.82) is 0 Å². The van der Waals surface area contributed by atoms with Gasteiger partial charge in [-0.25, -0.2) is 4.98 Å². The Kier molecular flexibility index (Phi) is 6.47. The Hall–Kier alpha value is -2.38. The quantitative estimate of drug-likeness (QED) is 0.435. The van der Waals surface area contributed by atoms with Crippen LogP contribution in [0.25, 0.3) is 10.6 Å². The van der Waals surface area contributed by atoms with Crippen LogP contribution in [-0.4, -0.2) is 23.6 Å². The van der Waals surface area contributed by atoms with Gasteiger partial charge in [0.15, 0.2) is 5.96 Å². The number of thiazole rings is 1. The Balaban J connectivity index is 1.50. The summed E-state index contributed by atoms with van der Waals surface area (Å²) in [6.07, 6.45) is 1.02. The zero-order valence-electron chi connectivity index (χ0n) is 15.7. The highest BCUT2D eigenvalue weighted by molar-refractivity contribution is 7.16. The average Bonchev–Trinajstić information content (AvgIpc) is 3.25. The van der Waals surface area contributed by atoms with Crippen molar-refractivity contribution < 1.29 is 4.74 Å². The summed E-state index contributed by atoms with van der Waals surface area (Å²) in [6, 6.07) is 12.0. The zero-order chi connectivity index (χ0) is 19.2. The second kappa shape index (κ2) is 9.01. The van der Waals surface area contributed by atoms with Crippen LogP contribution in [0.2, 0.25) is 0 Å². The van der Waals surface area contributed by atoms with Gasteiger partial charge in [0.25, 0.3) is 0 Å². The maximum absolute atomic E-state index is 5.99. The molecule has 0 aliphatic rings. The predicted octanol–water partition coefficient (Wildman–Crippen LogP) is 4.94. The van der Waals surface area contributed by atoms with E-state index in [0.29, 0.717) is 12.5 Å². The summed E-state index contributed by atoms with van der Waals surface area (Å²) in [4.78, 5) is 11.4. The van der Waals surface area contributed by atoms with Crippen LogP contribution in [0.3, 0.4) is 0 Å². The number of guanidine groups is 1. The van der Waals surface area contributed by atoms with Crippen molar-refractivity contribution in [2.45, 2.75) is 33.3 Å². The lowest BCUT2D eigenvalue weighted by Gasteiger charge is -2.10. The summed E-state index contributed by atoms with van der Waals surface area (Å²) in [5, 5.41) is 6.30. The number of hydrogen-bond acceptors (Lipinski definition) is 5. The molecule has 0 saturated heterocycles. The van der Waals surface area contributed by atoms with E-state index in [9.17, 15) is 0 Å². The number of benzene rings is 1. The molecule has 0 radical (unpaired) electrons. The molecule has 1 aromatic carbocycles. The second-order valence-electron chi connectivity index (χ2n) is 6.35. The van der Waals surface area contributed by atoms with Crippen LogP contribution in [0.5, 0.6) is 5.75 Å². The molecule has 2 heterocycles. The van der Waals surface area contributed by atoms with E-state index in [0.717, 1.165) is 28.6 Å². The largest absolute Gasteiger partial charge is 0.491 e. The third-order valence-electron chi connectivity index (χ3n) is 3.67. The highest BCUT2D eigenvalue weighted by Crippen LogP contribution is 2.29. The molecular weight excluding hydrogens is 376 g/mol. The number of rotatable bonds is 7. The van der Waals surface area contributed by atoms with Gasteiger partial charge in [-0.1, -0.05) is 0 Å². The fourth-order valence-electron chi connectivity index (χ4n) is 2.49. The molecule has 0 amide bonds. The van der Waals surface area contributed by atoms with Gasteiger partial charge in [-0.2, -0.15) is 0 Å². The molecule has 5 nitrogen and oxygen atoms in total. The monoisotopic (exact) mass is 400 g/mol. The Morgan fingerprint density at radius 3 is 2.67 bits per heavy atom. The molecule has 0 saturated carbocycles. The molecule has 142 valence electrons. The van der Waals surface area contributed by atoms with Crippen molar-refractivity contribution in [3.63, 3.8) is 0 Å². The van der Waals surface area contributed by atoms with E-state index in [1.54, 1.807) is 22.7 Å². The van der Waals surface area contributed by atoms with Gasteiger partial charge >= 0.3 is 0 Å². The fraction of sp³-hybridized carbons (Fsp3) is 0.300. The maximum atomic E-state index is 5.99. The molecule has 0 aliphatic carbocycles. The molecule has 0 bridgehead atoms. The zero-order valence-corrected chi connectivity index (χ0v) is 17.4. The van der Waals surface area contributed by atoms with E-state index in [1.807, 2.05) is 45.0 Å². The van der Waals surface area contributed by atoms with Gasteiger partial charge in [0.1, 0.15) is 5.75 Å². The SMILES string of the molecule is Cc1nc(-c2ccc(CCN=C(N)Nc3ccc(OC(C)C)cc3)s2)cs1. The van der Waals surface area contributed by atoms with E-state index in [2.05, 4.69) is 32.8 Å². The summed E-state index contributed by atoms with van der Waals surface area (Å²) in [7, 11) is 0. The van der Waals surface area contributed by atoms with Crippen LogP contribution in [0.1, 0.15) is 23.7 Å². The molecule has 7 heteroatoms. The van der Waals surface area contributed by atoms with Crippen molar-refractivity contribution in [2.24, 2.45) is 10.7 Å². The number of thiophene rings is 1. The maximum Gasteiger partial charge on any atom is 0.193 e. The van der Waals surface area contributed by atoms with Gasteiger partial charge in [-0.3, -0.25) is 4.99 Å². The smallest absolute Gasteiger partial charge is 0.193 e. The number of nitrogens with zero attached hydrogens (tertiary/aromatic N) is 2. The van der Waals surface area contributed by atoms with Gasteiger partial charge in [-0.15, -0.1) is 22.7 Å². The molecule has 3 rings (SSSR count). The van der Waals surface area contributed by atoms with Crippen molar-refractivity contribution in [1.82, 2.24) is 4.98 Å². The lowest BCUT2D eigenvalue weighted by Crippen LogP contribution is -2.23. The molecule has 3 aromatic rings. The third-order valence-corrected chi connectivity index (χ3v) is 5.61. The number of hydrogen-bond donors (Lipinski definition) is 2. The molecule has 2 aromatic heterocycles. The molecule has 0 unspecified atom stereocenters. The lowest BCUT2D eigenvalue weighted by molar-refractivity contribution is 0.242. The minimum absolute atomic E-state index is 0.160. The Morgan fingerprint density at radius 1 is 1.22 bits per heavy atom. The van der Waals surface area contributed by atoms with E-state index in [1.165, 1.54) is 9.75 Å². The van der Waals surface area contributed by atoms with E-state index in [4.69, 9.17) is 10.5 Å². The van der Waals surface area contributed by atoms with Crippen LogP contribution in [0.15, 0.2) is 46.8 Å². The first-order chi connectivity index (χ1) is 13.0. The molecule has 0 atom stereocenters. The van der Waals surface area contributed by atoms with Crippen LogP contribution < -0.4 is 15.8 Å². The molecule has 27 heavy (non-hydrogen) atoms. The van der Waals surface area contributed by atoms with Crippen LogP contribution in [-0.2, 0) is 6.42 Å². The van der Waals surface area contributed by atoms with Gasteiger partial charge < -0.3 is 15.8 Å². The topological polar surface area (TPSA) is 72.5 Å². The number of anilines is 1. The van der Waals surface area contributed by atoms with Gasteiger partial charge in [0.05, 0.1) is 21.7 Å². The Bertz CT molecular complexity index is 897. The third kappa shape index (κ3) is 5.80. The van der Waals surface area contributed by atoms with Crippen molar-refractivity contribution in [3.8, 4) is 16.3 Å². The first kappa shape index (κ1) is 19.4. The number of aromatic nitrogens is 1. The molecule has 0 spiro atoms. The van der Waals surface area contributed by atoms with E-state index in [-0.39, 0.29) is 6.10 Å². The van der Waals surface area contributed by atoms with Gasteiger partial charge in [0, 0.05) is 28.9 Å². The van der Waals surface area contributed by atoms with Crippen LogP contribution >= 0.6 is 22.7 Å². The summed E-state index contributed by atoms with van der Waals surface area (Å²) in [6.45, 7) is 6.68. The number of nitrogens with two attached hydrogens (primary N) is 1. The first-order valence-electron chi connectivity index (χ1n) is 8.84. The van der Waals surface area contributed by atoms with Gasteiger partial charge in [-0.05, 0) is 57.2 Å². The van der Waals surface area contributed by atoms with E-state index < -0.39 is 0 Å². The van der Waals surface area contributed by atoms with Gasteiger partial charge in [0.2, 0.25) is 0 Å². The van der Waals surface area contributed by atoms with Crippen molar-refractivity contribution >= 4 is 34.3 Å². The minimum Gasteiger partial charge on any atom is -0.491 e. The highest BCUT2D eigenvalue weighted by atomic mass is 32.1. The molecule has 0 aliphatic heterocycles. The van der Waals surface area contributed by atoms with Crippen molar-refractivity contribution in [2.75, 3.05) is 11.9 Å². The highest BCUT2D eigenvalue weighted by Gasteiger charge is 2.06. The Morgan fingerprint density at radius 2 is 2.00 bits per heavy atom. The predicted molar refractivity (Wildman–Crippen MR) is 116 cm³/mol. The first-order valence-corrected chi connectivity index (χ1v) is 10.5. The standard InChI is InChI=1S/C20H24N4OS2/c1-13(2)25-16-6-4-15(5-7-16)24-20(21)22-11-10-17-8-9-19(27-17)18-12-26-14(3)23-18/h4-9,12-13H,10-11H2,1-3H3,(H3,21,22,24). The van der Waals surface area contributed by atoms with Crippen LogP contribution in [0, 0.1) is 6.92 Å². The fourth-order valence-corrected chi connectivity index (χ4v) is 4.13.